The van der Waals surface area contributed by atoms with E-state index < -0.39 is 0 Å². The summed E-state index contributed by atoms with van der Waals surface area (Å²) in [6.45, 7) is 0.768. The molecule has 0 atom stereocenters. The van der Waals surface area contributed by atoms with E-state index in [9.17, 15) is 4.39 Å². The van der Waals surface area contributed by atoms with Crippen molar-refractivity contribution in [2.75, 3.05) is 7.05 Å². The van der Waals surface area contributed by atoms with Gasteiger partial charge in [0.1, 0.15) is 5.82 Å². The third-order valence-electron chi connectivity index (χ3n) is 2.45. The molecule has 0 spiro atoms. The molecule has 0 bridgehead atoms. The van der Waals surface area contributed by atoms with Crippen molar-refractivity contribution in [1.29, 1.82) is 0 Å². The molecule has 0 saturated heterocycles. The maximum atomic E-state index is 13.6. The van der Waals surface area contributed by atoms with Gasteiger partial charge in [0.25, 0.3) is 0 Å². The van der Waals surface area contributed by atoms with Crippen LogP contribution in [0, 0.1) is 5.82 Å². The van der Waals surface area contributed by atoms with Crippen LogP contribution in [0.1, 0.15) is 5.56 Å². The minimum atomic E-state index is -0.183. The second-order valence-corrected chi connectivity index (χ2v) is 5.81. The number of hydrogen-bond acceptors (Lipinski definition) is 2. The molecular weight excluding hydrogens is 313 g/mol. The van der Waals surface area contributed by atoms with E-state index in [4.69, 9.17) is 0 Å². The smallest absolute Gasteiger partial charge is 0.137 e. The zero-order valence-electron chi connectivity index (χ0n) is 9.91. The van der Waals surface area contributed by atoms with E-state index in [2.05, 4.69) is 21.2 Å². The Hall–Kier alpha value is -0.840. The van der Waals surface area contributed by atoms with Gasteiger partial charge < -0.3 is 5.32 Å². The number of hydrogen-bond donors (Lipinski definition) is 1. The highest BCUT2D eigenvalue weighted by molar-refractivity contribution is 9.10. The molecule has 0 amide bonds. The second-order valence-electron chi connectivity index (χ2n) is 3.81. The van der Waals surface area contributed by atoms with Crippen molar-refractivity contribution < 1.29 is 4.39 Å². The van der Waals surface area contributed by atoms with Crippen LogP contribution in [0.2, 0.25) is 0 Å². The van der Waals surface area contributed by atoms with Crippen LogP contribution in [0.5, 0.6) is 0 Å². The zero-order chi connectivity index (χ0) is 13.0. The zero-order valence-corrected chi connectivity index (χ0v) is 12.3. The number of rotatable bonds is 4. The first-order valence-corrected chi connectivity index (χ1v) is 7.17. The molecule has 1 N–H and O–H groups in total. The van der Waals surface area contributed by atoms with Crippen LogP contribution in [-0.2, 0) is 6.54 Å². The van der Waals surface area contributed by atoms with Gasteiger partial charge in [0.15, 0.2) is 0 Å². The molecule has 0 heterocycles. The summed E-state index contributed by atoms with van der Waals surface area (Å²) in [7, 11) is 1.90. The SMILES string of the molecule is CNCc1ccc(Br)cc1Sc1ccccc1F. The van der Waals surface area contributed by atoms with Crippen molar-refractivity contribution >= 4 is 27.7 Å². The van der Waals surface area contributed by atoms with Gasteiger partial charge in [-0.05, 0) is 36.9 Å². The van der Waals surface area contributed by atoms with Gasteiger partial charge in [-0.3, -0.25) is 0 Å². The maximum Gasteiger partial charge on any atom is 0.137 e. The summed E-state index contributed by atoms with van der Waals surface area (Å²) in [6.07, 6.45) is 0. The van der Waals surface area contributed by atoms with E-state index in [-0.39, 0.29) is 5.82 Å². The predicted molar refractivity (Wildman–Crippen MR) is 77.4 cm³/mol. The molecule has 0 saturated carbocycles. The average Bonchev–Trinajstić information content (AvgIpc) is 2.36. The van der Waals surface area contributed by atoms with E-state index >= 15 is 0 Å². The molecule has 0 unspecified atom stereocenters. The molecule has 94 valence electrons. The lowest BCUT2D eigenvalue weighted by Crippen LogP contribution is -2.06. The molecule has 4 heteroatoms. The van der Waals surface area contributed by atoms with Crippen LogP contribution in [0.15, 0.2) is 56.7 Å². The van der Waals surface area contributed by atoms with Crippen LogP contribution >= 0.6 is 27.7 Å². The van der Waals surface area contributed by atoms with Gasteiger partial charge in [-0.2, -0.15) is 0 Å². The average molecular weight is 326 g/mol. The lowest BCUT2D eigenvalue weighted by atomic mass is 10.2. The quantitative estimate of drug-likeness (QED) is 0.890. The van der Waals surface area contributed by atoms with Gasteiger partial charge >= 0.3 is 0 Å². The van der Waals surface area contributed by atoms with Crippen LogP contribution < -0.4 is 5.32 Å². The van der Waals surface area contributed by atoms with Crippen molar-refractivity contribution in [3.05, 3.63) is 58.3 Å². The first-order chi connectivity index (χ1) is 8.70. The molecule has 18 heavy (non-hydrogen) atoms. The molecule has 0 aliphatic rings. The summed E-state index contributed by atoms with van der Waals surface area (Å²) in [4.78, 5) is 1.71. The highest BCUT2D eigenvalue weighted by Crippen LogP contribution is 2.33. The van der Waals surface area contributed by atoms with Crippen molar-refractivity contribution in [2.24, 2.45) is 0 Å². The van der Waals surface area contributed by atoms with E-state index in [1.165, 1.54) is 17.8 Å². The predicted octanol–water partition coefficient (Wildman–Crippen LogP) is 4.46. The van der Waals surface area contributed by atoms with E-state index in [0.29, 0.717) is 4.90 Å². The van der Waals surface area contributed by atoms with Crippen molar-refractivity contribution in [3.63, 3.8) is 0 Å². The van der Waals surface area contributed by atoms with Crippen LogP contribution in [0.25, 0.3) is 0 Å². The molecule has 0 radical (unpaired) electrons. The summed E-state index contributed by atoms with van der Waals surface area (Å²) in [5, 5.41) is 3.12. The van der Waals surface area contributed by atoms with Crippen LogP contribution in [-0.4, -0.2) is 7.05 Å². The molecule has 2 rings (SSSR count). The Balaban J connectivity index is 2.33. The molecule has 0 fully saturated rings. The van der Waals surface area contributed by atoms with Crippen molar-refractivity contribution in [3.8, 4) is 0 Å². The van der Waals surface area contributed by atoms with Crippen LogP contribution in [0.4, 0.5) is 4.39 Å². The Bertz CT molecular complexity index is 545. The summed E-state index contributed by atoms with van der Waals surface area (Å²) in [6, 6.07) is 12.9. The molecule has 1 nitrogen and oxygen atoms in total. The molecule has 2 aromatic carbocycles. The van der Waals surface area contributed by atoms with E-state index in [0.717, 1.165) is 21.5 Å². The second kappa shape index (κ2) is 6.36. The molecule has 0 aliphatic carbocycles. The number of nitrogens with one attached hydrogen (secondary N) is 1. The van der Waals surface area contributed by atoms with Gasteiger partial charge in [-0.1, -0.05) is 45.9 Å². The maximum absolute atomic E-state index is 13.6. The molecule has 2 aromatic rings. The first kappa shape index (κ1) is 13.6. The standard InChI is InChI=1S/C14H13BrFNS/c1-17-9-10-6-7-11(15)8-14(10)18-13-5-3-2-4-12(13)16/h2-8,17H,9H2,1H3. The van der Waals surface area contributed by atoms with Gasteiger partial charge in [0, 0.05) is 20.8 Å². The number of halogens is 2. The minimum absolute atomic E-state index is 0.183. The first-order valence-electron chi connectivity index (χ1n) is 5.56. The lowest BCUT2D eigenvalue weighted by Gasteiger charge is -2.10. The Morgan fingerprint density at radius 2 is 1.94 bits per heavy atom. The Morgan fingerprint density at radius 3 is 2.67 bits per heavy atom. The summed E-state index contributed by atoms with van der Waals surface area (Å²) >= 11 is 4.90. The Kier molecular flexibility index (Phi) is 4.80. The van der Waals surface area contributed by atoms with E-state index in [1.807, 2.05) is 31.3 Å². The normalized spacial score (nSPS) is 10.6. The fourth-order valence-electron chi connectivity index (χ4n) is 1.61. The summed E-state index contributed by atoms with van der Waals surface area (Å²) in [5.41, 5.74) is 1.16. The van der Waals surface area contributed by atoms with Crippen molar-refractivity contribution in [1.82, 2.24) is 5.32 Å². The summed E-state index contributed by atoms with van der Waals surface area (Å²) in [5.74, 6) is -0.183. The monoisotopic (exact) mass is 325 g/mol. The topological polar surface area (TPSA) is 12.0 Å². The van der Waals surface area contributed by atoms with E-state index in [1.54, 1.807) is 12.1 Å². The lowest BCUT2D eigenvalue weighted by molar-refractivity contribution is 0.602. The third-order valence-corrected chi connectivity index (χ3v) is 4.10. The fourth-order valence-corrected chi connectivity index (χ4v) is 3.12. The molecule has 0 aromatic heterocycles. The van der Waals surface area contributed by atoms with Gasteiger partial charge in [-0.15, -0.1) is 0 Å². The molecular formula is C14H13BrFNS. The highest BCUT2D eigenvalue weighted by atomic mass is 79.9. The third kappa shape index (κ3) is 3.34. The highest BCUT2D eigenvalue weighted by Gasteiger charge is 2.08. The van der Waals surface area contributed by atoms with Gasteiger partial charge in [0.05, 0.1) is 0 Å². The Morgan fingerprint density at radius 1 is 1.17 bits per heavy atom. The summed E-state index contributed by atoms with van der Waals surface area (Å²) < 4.78 is 14.6. The minimum Gasteiger partial charge on any atom is -0.316 e. The van der Waals surface area contributed by atoms with Gasteiger partial charge in [-0.25, -0.2) is 4.39 Å². The Labute approximate surface area is 119 Å². The number of benzene rings is 2. The fraction of sp³-hybridized carbons (Fsp3) is 0.143. The van der Waals surface area contributed by atoms with Crippen molar-refractivity contribution in [2.45, 2.75) is 16.3 Å². The van der Waals surface area contributed by atoms with Gasteiger partial charge in [0.2, 0.25) is 0 Å². The molecule has 0 aliphatic heterocycles. The largest absolute Gasteiger partial charge is 0.316 e. The van der Waals surface area contributed by atoms with Crippen LogP contribution in [0.3, 0.4) is 0 Å².